The van der Waals surface area contributed by atoms with Gasteiger partial charge >= 0.3 is 0 Å². The minimum atomic E-state index is -0.428. The van der Waals surface area contributed by atoms with E-state index >= 15 is 0 Å². The summed E-state index contributed by atoms with van der Waals surface area (Å²) in [4.78, 5) is 23.6. The normalized spacial score (nSPS) is 10.4. The number of ether oxygens (including phenoxy) is 1. The molecule has 0 saturated carbocycles. The minimum Gasteiger partial charge on any atom is -0.484 e. The Bertz CT molecular complexity index is 786. The summed E-state index contributed by atoms with van der Waals surface area (Å²) < 4.78 is 5.41. The van der Waals surface area contributed by atoms with Crippen LogP contribution in [0.25, 0.3) is 0 Å². The Hall–Kier alpha value is -3.02. The molecule has 6 nitrogen and oxygen atoms in total. The topological polar surface area (TPSA) is 79.5 Å². The zero-order valence-corrected chi connectivity index (χ0v) is 16.3. The summed E-state index contributed by atoms with van der Waals surface area (Å²) in [6.07, 6.45) is 0. The molecule has 0 heterocycles. The lowest BCUT2D eigenvalue weighted by atomic mass is 10.0. The number of rotatable bonds is 7. The van der Waals surface area contributed by atoms with Crippen LogP contribution >= 0.6 is 0 Å². The van der Waals surface area contributed by atoms with Gasteiger partial charge < -0.3 is 10.1 Å². The first-order chi connectivity index (χ1) is 12.8. The van der Waals surface area contributed by atoms with Crippen molar-refractivity contribution in [1.82, 2.24) is 10.9 Å². The van der Waals surface area contributed by atoms with Crippen LogP contribution in [0.1, 0.15) is 36.5 Å². The van der Waals surface area contributed by atoms with Crippen LogP contribution in [0.4, 0.5) is 5.69 Å². The molecule has 6 heteroatoms. The van der Waals surface area contributed by atoms with Crippen molar-refractivity contribution >= 4 is 17.5 Å². The Labute approximate surface area is 160 Å². The average Bonchev–Trinajstić information content (AvgIpc) is 2.64. The predicted molar refractivity (Wildman–Crippen MR) is 107 cm³/mol. The number of aryl methyl sites for hydroxylation is 2. The van der Waals surface area contributed by atoms with Crippen LogP contribution < -0.4 is 20.9 Å². The van der Waals surface area contributed by atoms with Gasteiger partial charge in [-0.3, -0.25) is 20.4 Å². The number of anilines is 1. The first-order valence-corrected chi connectivity index (χ1v) is 8.96. The molecule has 0 aliphatic carbocycles. The number of hydrogen-bond donors (Lipinski definition) is 3. The summed E-state index contributed by atoms with van der Waals surface area (Å²) in [6, 6.07) is 13.5. The maximum absolute atomic E-state index is 11.8. The van der Waals surface area contributed by atoms with E-state index in [9.17, 15) is 9.59 Å². The Morgan fingerprint density at radius 3 is 2.26 bits per heavy atom. The Morgan fingerprint density at radius 1 is 0.963 bits per heavy atom. The zero-order valence-electron chi connectivity index (χ0n) is 16.3. The van der Waals surface area contributed by atoms with E-state index in [1.807, 2.05) is 56.3 Å². The van der Waals surface area contributed by atoms with Crippen LogP contribution in [-0.4, -0.2) is 25.0 Å². The van der Waals surface area contributed by atoms with Gasteiger partial charge in [-0.1, -0.05) is 43.7 Å². The highest BCUT2D eigenvalue weighted by Gasteiger charge is 2.07. The van der Waals surface area contributed by atoms with Crippen LogP contribution in [0.3, 0.4) is 0 Å². The van der Waals surface area contributed by atoms with Crippen molar-refractivity contribution in [2.24, 2.45) is 0 Å². The lowest BCUT2D eigenvalue weighted by Gasteiger charge is -2.12. The molecule has 2 aromatic carbocycles. The molecule has 2 rings (SSSR count). The van der Waals surface area contributed by atoms with Crippen molar-refractivity contribution in [2.45, 2.75) is 33.6 Å². The summed E-state index contributed by atoms with van der Waals surface area (Å²) in [5.41, 5.74) is 9.01. The van der Waals surface area contributed by atoms with E-state index in [0.29, 0.717) is 11.7 Å². The van der Waals surface area contributed by atoms with E-state index in [2.05, 4.69) is 30.0 Å². The van der Waals surface area contributed by atoms with E-state index in [4.69, 9.17) is 4.74 Å². The molecule has 27 heavy (non-hydrogen) atoms. The van der Waals surface area contributed by atoms with E-state index in [-0.39, 0.29) is 19.1 Å². The third-order valence-electron chi connectivity index (χ3n) is 4.08. The number of hydrogen-bond acceptors (Lipinski definition) is 4. The minimum absolute atomic E-state index is 0.0572. The van der Waals surface area contributed by atoms with Gasteiger partial charge in [0.2, 0.25) is 0 Å². The SMILES string of the molecule is Cc1ccc(NCC(=O)NNC(=O)COc2ccc(C(C)C)cc2)c(C)c1. The molecule has 0 unspecified atom stereocenters. The number of benzene rings is 2. The molecule has 0 spiro atoms. The molecule has 0 radical (unpaired) electrons. The number of hydrazine groups is 1. The number of carbonyl (C=O) groups excluding carboxylic acids is 2. The molecular formula is C21H27N3O3. The van der Waals surface area contributed by atoms with Crippen molar-refractivity contribution in [2.75, 3.05) is 18.5 Å². The number of nitrogens with one attached hydrogen (secondary N) is 3. The highest BCUT2D eigenvalue weighted by Crippen LogP contribution is 2.18. The maximum Gasteiger partial charge on any atom is 0.276 e. The van der Waals surface area contributed by atoms with Crippen molar-refractivity contribution in [3.63, 3.8) is 0 Å². The Morgan fingerprint density at radius 2 is 1.63 bits per heavy atom. The van der Waals surface area contributed by atoms with Crippen LogP contribution in [0.5, 0.6) is 5.75 Å². The van der Waals surface area contributed by atoms with Gasteiger partial charge in [0.05, 0.1) is 6.54 Å². The van der Waals surface area contributed by atoms with Crippen LogP contribution in [-0.2, 0) is 9.59 Å². The monoisotopic (exact) mass is 369 g/mol. The molecule has 0 fully saturated rings. The summed E-state index contributed by atoms with van der Waals surface area (Å²) in [6.45, 7) is 8.09. The summed E-state index contributed by atoms with van der Waals surface area (Å²) in [5.74, 6) is 0.277. The van der Waals surface area contributed by atoms with Gasteiger partial charge in [-0.25, -0.2) is 0 Å². The van der Waals surface area contributed by atoms with Gasteiger partial charge in [0, 0.05) is 5.69 Å². The van der Waals surface area contributed by atoms with Crippen LogP contribution in [0.15, 0.2) is 42.5 Å². The fourth-order valence-corrected chi connectivity index (χ4v) is 2.50. The van der Waals surface area contributed by atoms with E-state index in [1.54, 1.807) is 0 Å². The van der Waals surface area contributed by atoms with Gasteiger partial charge in [0.25, 0.3) is 11.8 Å². The molecule has 2 amide bonds. The smallest absolute Gasteiger partial charge is 0.276 e. The lowest BCUT2D eigenvalue weighted by molar-refractivity contribution is -0.129. The fourth-order valence-electron chi connectivity index (χ4n) is 2.50. The third-order valence-corrected chi connectivity index (χ3v) is 4.08. The zero-order chi connectivity index (χ0) is 19.8. The third kappa shape index (κ3) is 6.66. The van der Waals surface area contributed by atoms with Crippen molar-refractivity contribution in [3.8, 4) is 5.75 Å². The first kappa shape index (κ1) is 20.3. The first-order valence-electron chi connectivity index (χ1n) is 8.96. The van der Waals surface area contributed by atoms with Gasteiger partial charge in [0.1, 0.15) is 5.75 Å². The molecule has 0 saturated heterocycles. The molecule has 0 aliphatic heterocycles. The van der Waals surface area contributed by atoms with Crippen LogP contribution in [0.2, 0.25) is 0 Å². The fraction of sp³-hybridized carbons (Fsp3) is 0.333. The van der Waals surface area contributed by atoms with Gasteiger partial charge in [-0.05, 0) is 49.1 Å². The molecule has 2 aromatic rings. The molecule has 3 N–H and O–H groups in total. The number of carbonyl (C=O) groups is 2. The average molecular weight is 369 g/mol. The number of amides is 2. The summed E-state index contributed by atoms with van der Waals surface area (Å²) in [7, 11) is 0. The van der Waals surface area contributed by atoms with Crippen molar-refractivity contribution < 1.29 is 14.3 Å². The molecule has 0 atom stereocenters. The predicted octanol–water partition coefficient (Wildman–Crippen LogP) is 3.07. The van der Waals surface area contributed by atoms with Gasteiger partial charge in [-0.15, -0.1) is 0 Å². The van der Waals surface area contributed by atoms with Crippen molar-refractivity contribution in [3.05, 3.63) is 59.2 Å². The second-order valence-corrected chi connectivity index (χ2v) is 6.78. The highest BCUT2D eigenvalue weighted by molar-refractivity contribution is 5.85. The maximum atomic E-state index is 11.8. The van der Waals surface area contributed by atoms with Crippen LogP contribution in [0, 0.1) is 13.8 Å². The highest BCUT2D eigenvalue weighted by atomic mass is 16.5. The molecule has 144 valence electrons. The standard InChI is InChI=1S/C21H27N3O3/c1-14(2)17-6-8-18(9-7-17)27-13-21(26)24-23-20(25)12-22-19-10-5-15(3)11-16(19)4/h5-11,14,22H,12-13H2,1-4H3,(H,23,25)(H,24,26). The van der Waals surface area contributed by atoms with Gasteiger partial charge in [-0.2, -0.15) is 0 Å². The molecular weight excluding hydrogens is 342 g/mol. The van der Waals surface area contributed by atoms with E-state index in [0.717, 1.165) is 16.8 Å². The molecule has 0 bridgehead atoms. The summed E-state index contributed by atoms with van der Waals surface area (Å²) in [5, 5.41) is 3.04. The molecule has 0 aromatic heterocycles. The quantitative estimate of drug-likeness (QED) is 0.656. The van der Waals surface area contributed by atoms with E-state index < -0.39 is 5.91 Å². The summed E-state index contributed by atoms with van der Waals surface area (Å²) >= 11 is 0. The Balaban J connectivity index is 1.69. The molecule has 0 aliphatic rings. The largest absolute Gasteiger partial charge is 0.484 e. The van der Waals surface area contributed by atoms with Gasteiger partial charge in [0.15, 0.2) is 6.61 Å². The van der Waals surface area contributed by atoms with E-state index in [1.165, 1.54) is 5.56 Å². The second kappa shape index (κ2) is 9.62. The Kier molecular flexibility index (Phi) is 7.23. The lowest BCUT2D eigenvalue weighted by Crippen LogP contribution is -2.46. The van der Waals surface area contributed by atoms with Crippen molar-refractivity contribution in [1.29, 1.82) is 0 Å². The second-order valence-electron chi connectivity index (χ2n) is 6.78.